The third kappa shape index (κ3) is 7.08. The summed E-state index contributed by atoms with van der Waals surface area (Å²) >= 11 is 0. The molecule has 0 saturated carbocycles. The number of nitrogens with one attached hydrogen (secondary N) is 2. The van der Waals surface area contributed by atoms with Gasteiger partial charge in [-0.25, -0.2) is 24.9 Å². The molecule has 0 aliphatic carbocycles. The van der Waals surface area contributed by atoms with Crippen LogP contribution in [0, 0.1) is 12.8 Å². The fraction of sp³-hybridized carbons (Fsp3) is 0.355. The Kier molecular flexibility index (Phi) is 8.20. The monoisotopic (exact) mass is 550 g/mol. The van der Waals surface area contributed by atoms with Gasteiger partial charge in [-0.3, -0.25) is 9.69 Å². The molecule has 10 heteroatoms. The van der Waals surface area contributed by atoms with E-state index in [9.17, 15) is 4.79 Å². The van der Waals surface area contributed by atoms with Gasteiger partial charge in [-0.2, -0.15) is 0 Å². The number of piperidine rings is 1. The Labute approximate surface area is 239 Å². The first kappa shape index (κ1) is 26.9. The molecule has 0 spiro atoms. The van der Waals surface area contributed by atoms with Gasteiger partial charge in [-0.15, -0.1) is 0 Å². The van der Waals surface area contributed by atoms with Crippen LogP contribution in [-0.2, 0) is 22.5 Å². The van der Waals surface area contributed by atoms with Crippen LogP contribution in [-0.4, -0.2) is 68.1 Å². The van der Waals surface area contributed by atoms with Crippen molar-refractivity contribution in [3.8, 4) is 11.5 Å². The number of hydrogen-bond acceptors (Lipinski definition) is 10. The van der Waals surface area contributed by atoms with Gasteiger partial charge in [0.05, 0.1) is 5.92 Å². The van der Waals surface area contributed by atoms with E-state index in [-0.39, 0.29) is 18.0 Å². The molecular weight excluding hydrogens is 516 g/mol. The van der Waals surface area contributed by atoms with E-state index in [0.29, 0.717) is 23.9 Å². The number of hydrogen-bond donors (Lipinski definition) is 2. The van der Waals surface area contributed by atoms with E-state index in [1.54, 1.807) is 18.5 Å². The van der Waals surface area contributed by atoms with Crippen molar-refractivity contribution in [1.82, 2.24) is 35.1 Å². The molecule has 0 amide bonds. The van der Waals surface area contributed by atoms with Crippen LogP contribution in [0.3, 0.4) is 0 Å². The number of aromatic nitrogens is 5. The summed E-state index contributed by atoms with van der Waals surface area (Å²) in [5.41, 5.74) is 4.00. The lowest BCUT2D eigenvalue weighted by Gasteiger charge is -2.34. The van der Waals surface area contributed by atoms with Crippen LogP contribution in [0.2, 0.25) is 0 Å². The molecule has 41 heavy (non-hydrogen) atoms. The number of nitrogens with zero attached hydrogens (tertiary/aromatic N) is 6. The maximum absolute atomic E-state index is 12.5. The fourth-order valence-corrected chi connectivity index (χ4v) is 5.11. The third-order valence-electron chi connectivity index (χ3n) is 7.39. The summed E-state index contributed by atoms with van der Waals surface area (Å²) < 4.78 is 5.61. The fourth-order valence-electron chi connectivity index (χ4n) is 5.11. The molecule has 2 N–H and O–H groups in total. The van der Waals surface area contributed by atoms with Crippen LogP contribution in [0.15, 0.2) is 67.0 Å². The van der Waals surface area contributed by atoms with Crippen LogP contribution >= 0.6 is 0 Å². The largest absolute Gasteiger partial charge is 0.459 e. The molecule has 5 heterocycles. The van der Waals surface area contributed by atoms with Gasteiger partial charge in [0.2, 0.25) is 0 Å². The molecule has 210 valence electrons. The molecule has 2 fully saturated rings. The molecule has 2 aliphatic rings. The Morgan fingerprint density at radius 3 is 2.54 bits per heavy atom. The smallest absolute Gasteiger partial charge is 0.310 e. The first-order valence-electron chi connectivity index (χ1n) is 14.1. The minimum atomic E-state index is -0.0447. The van der Waals surface area contributed by atoms with Crippen LogP contribution in [0.25, 0.3) is 11.5 Å². The van der Waals surface area contributed by atoms with E-state index in [2.05, 4.69) is 59.7 Å². The van der Waals surface area contributed by atoms with Gasteiger partial charge in [0.1, 0.15) is 29.3 Å². The Balaban J connectivity index is 1.04. The minimum Gasteiger partial charge on any atom is -0.459 e. The molecule has 6 rings (SSSR count). The molecule has 1 atom stereocenters. The molecule has 3 aromatic heterocycles. The van der Waals surface area contributed by atoms with E-state index in [1.165, 1.54) is 5.56 Å². The lowest BCUT2D eigenvalue weighted by Crippen LogP contribution is -2.51. The standard InChI is InChI=1S/C31H34N8O2/c1-21-4-2-6-26(35-21)30-34-14-12-28(38-30)36-27-11-13-33-29(37-27)16-22-7-9-23(10-8-22)19-39-15-3-5-24(20-39)31(40)41-25-17-32-18-25/h2,4,6-14,24-25,32H,3,5,15-20H2,1H3,(H,33,34,36,37,38). The first-order valence-corrected chi connectivity index (χ1v) is 14.1. The van der Waals surface area contributed by atoms with Gasteiger partial charge in [0, 0.05) is 50.7 Å². The minimum absolute atomic E-state index is 0.0326. The van der Waals surface area contributed by atoms with Gasteiger partial charge in [0.15, 0.2) is 5.82 Å². The maximum Gasteiger partial charge on any atom is 0.310 e. The van der Waals surface area contributed by atoms with Gasteiger partial charge < -0.3 is 15.4 Å². The number of anilines is 2. The molecule has 1 unspecified atom stereocenters. The van der Waals surface area contributed by atoms with Crippen LogP contribution in [0.4, 0.5) is 11.6 Å². The average Bonchev–Trinajstić information content (AvgIpc) is 2.96. The Hall–Kier alpha value is -4.28. The second-order valence-electron chi connectivity index (χ2n) is 10.7. The van der Waals surface area contributed by atoms with Crippen LogP contribution < -0.4 is 10.6 Å². The second kappa shape index (κ2) is 12.5. The number of aryl methyl sites for hydroxylation is 1. The van der Waals surface area contributed by atoms with Crippen molar-refractivity contribution < 1.29 is 9.53 Å². The SMILES string of the molecule is Cc1cccc(-c2nccc(Nc3ccnc(Cc4ccc(CN5CCCC(C(=O)OC6CNC6)C5)cc4)n3)n2)n1. The molecule has 0 bridgehead atoms. The summed E-state index contributed by atoms with van der Waals surface area (Å²) in [4.78, 5) is 37.5. The average molecular weight is 551 g/mol. The van der Waals surface area contributed by atoms with E-state index < -0.39 is 0 Å². The number of rotatable bonds is 9. The number of carbonyl (C=O) groups is 1. The number of pyridine rings is 1. The lowest BCUT2D eigenvalue weighted by atomic mass is 9.97. The summed E-state index contributed by atoms with van der Waals surface area (Å²) in [6.07, 6.45) is 6.05. The molecule has 2 aliphatic heterocycles. The normalized spacial score (nSPS) is 17.5. The van der Waals surface area contributed by atoms with Gasteiger partial charge in [-0.1, -0.05) is 30.3 Å². The van der Waals surface area contributed by atoms with Crippen LogP contribution in [0.5, 0.6) is 0 Å². The van der Waals surface area contributed by atoms with Crippen molar-refractivity contribution >= 4 is 17.6 Å². The third-order valence-corrected chi connectivity index (χ3v) is 7.39. The predicted octanol–water partition coefficient (Wildman–Crippen LogP) is 3.70. The molecule has 4 aromatic rings. The highest BCUT2D eigenvalue weighted by Gasteiger charge is 2.30. The zero-order chi connectivity index (χ0) is 28.0. The number of benzene rings is 1. The number of likely N-dealkylation sites (tertiary alicyclic amines) is 1. The number of ether oxygens (including phenoxy) is 1. The van der Waals surface area contributed by atoms with Crippen molar-refractivity contribution in [1.29, 1.82) is 0 Å². The Morgan fingerprint density at radius 1 is 0.976 bits per heavy atom. The number of carbonyl (C=O) groups excluding carboxylic acids is 1. The van der Waals surface area contributed by atoms with Crippen molar-refractivity contribution in [2.75, 3.05) is 31.5 Å². The van der Waals surface area contributed by atoms with E-state index in [1.807, 2.05) is 31.2 Å². The molecule has 10 nitrogen and oxygen atoms in total. The quantitative estimate of drug-likeness (QED) is 0.299. The molecule has 1 aromatic carbocycles. The van der Waals surface area contributed by atoms with Crippen LogP contribution in [0.1, 0.15) is 35.5 Å². The van der Waals surface area contributed by atoms with Crippen molar-refractivity contribution in [2.45, 2.75) is 38.8 Å². The predicted molar refractivity (Wildman–Crippen MR) is 155 cm³/mol. The van der Waals surface area contributed by atoms with E-state index in [4.69, 9.17) is 9.72 Å². The van der Waals surface area contributed by atoms with Gasteiger partial charge in [0.25, 0.3) is 0 Å². The van der Waals surface area contributed by atoms with E-state index >= 15 is 0 Å². The van der Waals surface area contributed by atoms with Crippen molar-refractivity contribution in [3.63, 3.8) is 0 Å². The Bertz CT molecular complexity index is 1490. The molecule has 2 saturated heterocycles. The van der Waals surface area contributed by atoms with Crippen molar-refractivity contribution in [2.24, 2.45) is 5.92 Å². The van der Waals surface area contributed by atoms with Gasteiger partial charge in [-0.05, 0) is 61.7 Å². The van der Waals surface area contributed by atoms with Gasteiger partial charge >= 0.3 is 5.97 Å². The summed E-state index contributed by atoms with van der Waals surface area (Å²) in [7, 11) is 0. The summed E-state index contributed by atoms with van der Waals surface area (Å²) in [5, 5.41) is 6.41. The molecular formula is C31H34N8O2. The highest BCUT2D eigenvalue weighted by atomic mass is 16.5. The number of esters is 1. The summed E-state index contributed by atoms with van der Waals surface area (Å²) in [6, 6.07) is 18.0. The first-order chi connectivity index (χ1) is 20.1. The second-order valence-corrected chi connectivity index (χ2v) is 10.7. The summed E-state index contributed by atoms with van der Waals surface area (Å²) in [6.45, 7) is 6.07. The van der Waals surface area contributed by atoms with E-state index in [0.717, 1.165) is 68.3 Å². The highest BCUT2D eigenvalue weighted by molar-refractivity contribution is 5.73. The topological polar surface area (TPSA) is 118 Å². The lowest BCUT2D eigenvalue weighted by molar-refractivity contribution is -0.158. The maximum atomic E-state index is 12.5. The highest BCUT2D eigenvalue weighted by Crippen LogP contribution is 2.22. The zero-order valence-electron chi connectivity index (χ0n) is 23.2. The Morgan fingerprint density at radius 2 is 1.76 bits per heavy atom. The zero-order valence-corrected chi connectivity index (χ0v) is 23.2. The molecule has 0 radical (unpaired) electrons. The summed E-state index contributed by atoms with van der Waals surface area (Å²) in [5.74, 6) is 2.50. The van der Waals surface area contributed by atoms with Crippen molar-refractivity contribution in [3.05, 3.63) is 89.6 Å².